The molecule has 1 spiro atoms. The number of nitriles is 1. The Hall–Kier alpha value is -3.05. The van der Waals surface area contributed by atoms with E-state index >= 15 is 0 Å². The van der Waals surface area contributed by atoms with Gasteiger partial charge in [-0.1, -0.05) is 36.4 Å². The van der Waals surface area contributed by atoms with Crippen LogP contribution in [0.3, 0.4) is 0 Å². The van der Waals surface area contributed by atoms with Crippen molar-refractivity contribution in [3.05, 3.63) is 70.8 Å². The minimum atomic E-state index is -4.58. The fourth-order valence-corrected chi connectivity index (χ4v) is 4.60. The number of carbonyl (C=O) groups excluding carboxylic acids is 1. The van der Waals surface area contributed by atoms with Crippen molar-refractivity contribution in [1.29, 1.82) is 5.26 Å². The van der Waals surface area contributed by atoms with Crippen molar-refractivity contribution in [3.8, 4) is 6.07 Å². The molecule has 2 aromatic carbocycles. The largest absolute Gasteiger partial charge is 0.416 e. The molecule has 5 nitrogen and oxygen atoms in total. The van der Waals surface area contributed by atoms with Crippen LogP contribution in [0.5, 0.6) is 0 Å². The van der Waals surface area contributed by atoms with Gasteiger partial charge in [0.2, 0.25) is 0 Å². The predicted octanol–water partition coefficient (Wildman–Crippen LogP) is 4.38. The Bertz CT molecular complexity index is 1000. The van der Waals surface area contributed by atoms with Crippen molar-refractivity contribution in [2.45, 2.75) is 32.1 Å². The molecule has 0 saturated carbocycles. The maximum atomic E-state index is 13.3. The number of nitrogens with zero attached hydrogens (tertiary/aromatic N) is 3. The summed E-state index contributed by atoms with van der Waals surface area (Å²) in [5.74, 6) is 0. The summed E-state index contributed by atoms with van der Waals surface area (Å²) in [5, 5.41) is 11.5. The number of benzene rings is 2. The van der Waals surface area contributed by atoms with Gasteiger partial charge in [-0.2, -0.15) is 18.4 Å². The number of amides is 2. The van der Waals surface area contributed by atoms with E-state index in [0.717, 1.165) is 38.5 Å². The van der Waals surface area contributed by atoms with Gasteiger partial charge < -0.3 is 10.2 Å². The molecule has 0 aromatic heterocycles. The Morgan fingerprint density at radius 1 is 1.09 bits per heavy atom. The van der Waals surface area contributed by atoms with Gasteiger partial charge in [0.15, 0.2) is 0 Å². The van der Waals surface area contributed by atoms with Gasteiger partial charge >= 0.3 is 12.2 Å². The summed E-state index contributed by atoms with van der Waals surface area (Å²) in [5.41, 5.74) is 0.419. The number of alkyl halides is 3. The van der Waals surface area contributed by atoms with Gasteiger partial charge in [-0.25, -0.2) is 4.79 Å². The van der Waals surface area contributed by atoms with Crippen LogP contribution >= 0.6 is 0 Å². The van der Waals surface area contributed by atoms with Gasteiger partial charge in [0, 0.05) is 31.6 Å². The third kappa shape index (κ3) is 4.89. The van der Waals surface area contributed by atoms with Crippen molar-refractivity contribution >= 4 is 6.03 Å². The third-order valence-corrected chi connectivity index (χ3v) is 6.48. The standard InChI is InChI=1S/C24H25F3N4O/c25-24(26,27)21-12-19(13-28)6-7-20(21)14-29-22(32)31-16-23(17-31)8-10-30(11-9-23)15-18-4-2-1-3-5-18/h1-7,12H,8-11,14-17H2,(H,29,32). The van der Waals surface area contributed by atoms with E-state index in [4.69, 9.17) is 5.26 Å². The molecule has 4 rings (SSSR count). The summed E-state index contributed by atoms with van der Waals surface area (Å²) in [7, 11) is 0. The Morgan fingerprint density at radius 2 is 1.78 bits per heavy atom. The van der Waals surface area contributed by atoms with Crippen LogP contribution in [-0.2, 0) is 19.3 Å². The molecule has 1 N–H and O–H groups in total. The number of hydrogen-bond donors (Lipinski definition) is 1. The Morgan fingerprint density at radius 3 is 2.41 bits per heavy atom. The maximum absolute atomic E-state index is 13.3. The molecule has 2 aliphatic rings. The zero-order valence-electron chi connectivity index (χ0n) is 17.7. The van der Waals surface area contributed by atoms with Crippen LogP contribution in [0.25, 0.3) is 0 Å². The smallest absolute Gasteiger partial charge is 0.334 e. The summed E-state index contributed by atoms with van der Waals surface area (Å²) in [6.45, 7) is 3.92. The van der Waals surface area contributed by atoms with E-state index in [1.54, 1.807) is 11.0 Å². The minimum absolute atomic E-state index is 0.0469. The number of hydrogen-bond acceptors (Lipinski definition) is 3. The predicted molar refractivity (Wildman–Crippen MR) is 113 cm³/mol. The number of likely N-dealkylation sites (tertiary alicyclic amines) is 2. The highest BCUT2D eigenvalue weighted by Crippen LogP contribution is 2.40. The number of rotatable bonds is 4. The molecule has 2 aromatic rings. The molecule has 0 aliphatic carbocycles. The fourth-order valence-electron chi connectivity index (χ4n) is 4.60. The van der Waals surface area contributed by atoms with Gasteiger partial charge in [0.1, 0.15) is 0 Å². The average molecular weight is 442 g/mol. The molecule has 2 saturated heterocycles. The van der Waals surface area contributed by atoms with E-state index in [2.05, 4.69) is 22.3 Å². The second-order valence-corrected chi connectivity index (χ2v) is 8.76. The quantitative estimate of drug-likeness (QED) is 0.764. The minimum Gasteiger partial charge on any atom is -0.334 e. The normalized spacial score (nSPS) is 18.1. The number of piperidine rings is 1. The molecule has 0 atom stereocenters. The lowest BCUT2D eigenvalue weighted by Gasteiger charge is -2.53. The molecule has 0 unspecified atom stereocenters. The zero-order chi connectivity index (χ0) is 22.8. The number of urea groups is 1. The van der Waals surface area contributed by atoms with Crippen molar-refractivity contribution in [3.63, 3.8) is 0 Å². The highest BCUT2D eigenvalue weighted by atomic mass is 19.4. The van der Waals surface area contributed by atoms with E-state index in [9.17, 15) is 18.0 Å². The Kier molecular flexibility index (Phi) is 6.11. The van der Waals surface area contributed by atoms with E-state index in [0.29, 0.717) is 13.1 Å². The monoisotopic (exact) mass is 442 g/mol. The fraction of sp³-hybridized carbons (Fsp3) is 0.417. The Balaban J connectivity index is 1.26. The van der Waals surface area contributed by atoms with Gasteiger partial charge in [0.25, 0.3) is 0 Å². The van der Waals surface area contributed by atoms with E-state index < -0.39 is 11.7 Å². The first kappa shape index (κ1) is 22.2. The summed E-state index contributed by atoms with van der Waals surface area (Å²) in [4.78, 5) is 16.6. The lowest BCUT2D eigenvalue weighted by molar-refractivity contribution is -0.138. The van der Waals surface area contributed by atoms with Crippen molar-refractivity contribution in [1.82, 2.24) is 15.1 Å². The first-order chi connectivity index (χ1) is 15.3. The first-order valence-electron chi connectivity index (χ1n) is 10.7. The van der Waals surface area contributed by atoms with Gasteiger partial charge in [-0.05, 0) is 49.2 Å². The molecule has 168 valence electrons. The van der Waals surface area contributed by atoms with Gasteiger partial charge in [0.05, 0.1) is 17.2 Å². The average Bonchev–Trinajstić information content (AvgIpc) is 2.76. The molecule has 2 fully saturated rings. The Labute approximate surface area is 185 Å². The van der Waals surface area contributed by atoms with Crippen LogP contribution in [0.1, 0.15) is 35.1 Å². The molecule has 0 bridgehead atoms. The highest BCUT2D eigenvalue weighted by molar-refractivity contribution is 5.75. The summed E-state index contributed by atoms with van der Waals surface area (Å²) >= 11 is 0. The summed E-state index contributed by atoms with van der Waals surface area (Å²) in [6.07, 6.45) is -2.56. The van der Waals surface area contributed by atoms with Crippen molar-refractivity contribution in [2.75, 3.05) is 26.2 Å². The van der Waals surface area contributed by atoms with E-state index in [-0.39, 0.29) is 29.1 Å². The number of halogens is 3. The molecular weight excluding hydrogens is 417 g/mol. The van der Waals surface area contributed by atoms with E-state index in [1.807, 2.05) is 18.2 Å². The lowest BCUT2D eigenvalue weighted by atomic mass is 9.72. The lowest BCUT2D eigenvalue weighted by Crippen LogP contribution is -2.63. The maximum Gasteiger partial charge on any atom is 0.416 e. The van der Waals surface area contributed by atoms with Crippen LogP contribution in [-0.4, -0.2) is 42.0 Å². The van der Waals surface area contributed by atoms with Crippen LogP contribution in [0, 0.1) is 16.7 Å². The molecule has 2 heterocycles. The molecular formula is C24H25F3N4O. The molecule has 2 aliphatic heterocycles. The number of nitrogens with one attached hydrogen (secondary N) is 1. The van der Waals surface area contributed by atoms with Gasteiger partial charge in [-0.3, -0.25) is 4.90 Å². The topological polar surface area (TPSA) is 59.4 Å². The number of carbonyl (C=O) groups is 1. The van der Waals surface area contributed by atoms with Crippen LogP contribution in [0.4, 0.5) is 18.0 Å². The van der Waals surface area contributed by atoms with Crippen LogP contribution in [0.15, 0.2) is 48.5 Å². The summed E-state index contributed by atoms with van der Waals surface area (Å²) in [6, 6.07) is 15.1. The molecule has 0 radical (unpaired) electrons. The highest BCUT2D eigenvalue weighted by Gasteiger charge is 2.46. The molecule has 32 heavy (non-hydrogen) atoms. The van der Waals surface area contributed by atoms with Gasteiger partial charge in [-0.15, -0.1) is 0 Å². The molecule has 8 heteroatoms. The van der Waals surface area contributed by atoms with Crippen LogP contribution < -0.4 is 5.32 Å². The summed E-state index contributed by atoms with van der Waals surface area (Å²) < 4.78 is 39.9. The van der Waals surface area contributed by atoms with Crippen molar-refractivity contribution < 1.29 is 18.0 Å². The second-order valence-electron chi connectivity index (χ2n) is 8.76. The molecule has 2 amide bonds. The van der Waals surface area contributed by atoms with Crippen molar-refractivity contribution in [2.24, 2.45) is 5.41 Å². The zero-order valence-corrected chi connectivity index (χ0v) is 17.7. The van der Waals surface area contributed by atoms with E-state index in [1.165, 1.54) is 17.7 Å². The second kappa shape index (κ2) is 8.83. The third-order valence-electron chi connectivity index (χ3n) is 6.48. The van der Waals surface area contributed by atoms with Crippen LogP contribution in [0.2, 0.25) is 0 Å². The first-order valence-corrected chi connectivity index (χ1v) is 10.7. The SMILES string of the molecule is N#Cc1ccc(CNC(=O)N2CC3(CCN(Cc4ccccc4)CC3)C2)c(C(F)(F)F)c1.